The topological polar surface area (TPSA) is 73.2 Å². The molecule has 2 aliphatic heterocycles. The summed E-state index contributed by atoms with van der Waals surface area (Å²) in [6.45, 7) is 0.948. The summed E-state index contributed by atoms with van der Waals surface area (Å²) < 4.78 is 106. The second-order valence-corrected chi connectivity index (χ2v) is 13.0. The Balaban J connectivity index is 0.000000231. The summed E-state index contributed by atoms with van der Waals surface area (Å²) in [6, 6.07) is 1.71. The highest BCUT2D eigenvalue weighted by Crippen LogP contribution is 2.50. The zero-order valence-corrected chi connectivity index (χ0v) is 25.1. The minimum absolute atomic E-state index is 0.0577. The molecule has 2 aliphatic carbocycles. The number of hydrogen-bond donors (Lipinski definition) is 2. The van der Waals surface area contributed by atoms with Crippen LogP contribution in [-0.2, 0) is 0 Å². The smallest absolute Gasteiger partial charge is 0.401 e. The van der Waals surface area contributed by atoms with Crippen LogP contribution in [0.2, 0.25) is 0 Å². The molecular formula is C31H42F8N2O4. The highest BCUT2D eigenvalue weighted by atomic mass is 19.4. The van der Waals surface area contributed by atoms with Gasteiger partial charge in [-0.2, -0.15) is 26.3 Å². The number of carboxylic acids is 1. The second-order valence-electron chi connectivity index (χ2n) is 13.0. The summed E-state index contributed by atoms with van der Waals surface area (Å²) in [7, 11) is 0. The predicted octanol–water partition coefficient (Wildman–Crippen LogP) is 6.62. The van der Waals surface area contributed by atoms with Crippen molar-refractivity contribution in [3.8, 4) is 5.75 Å². The van der Waals surface area contributed by atoms with Gasteiger partial charge in [0.25, 0.3) is 0 Å². The van der Waals surface area contributed by atoms with Crippen molar-refractivity contribution in [1.82, 2.24) is 9.80 Å². The number of carbonyl (C=O) groups is 1. The first-order valence-electron chi connectivity index (χ1n) is 15.7. The van der Waals surface area contributed by atoms with E-state index in [1.807, 2.05) is 0 Å². The molecule has 1 aromatic carbocycles. The SMILES string of the molecule is O=C(O)c1c(F)cc(OCC[C@@H]2C[C@@H]2C2CCN(CC(F)(F)F)CC2)cc1F.OCC[C@@H]1C[C@@H]1C1CCN(CC(F)(F)F)CC1. The van der Waals surface area contributed by atoms with E-state index in [9.17, 15) is 39.9 Å². The van der Waals surface area contributed by atoms with Gasteiger partial charge in [-0.3, -0.25) is 9.80 Å². The number of aliphatic hydroxyl groups is 1. The van der Waals surface area contributed by atoms with Gasteiger partial charge in [-0.15, -0.1) is 0 Å². The maximum Gasteiger partial charge on any atom is 0.401 e. The molecule has 2 heterocycles. The molecule has 5 rings (SSSR count). The van der Waals surface area contributed by atoms with Crippen molar-refractivity contribution in [3.63, 3.8) is 0 Å². The van der Waals surface area contributed by atoms with Gasteiger partial charge in [0.2, 0.25) is 0 Å². The third kappa shape index (κ3) is 11.2. The molecule has 1 aromatic rings. The maximum atomic E-state index is 13.6. The molecule has 256 valence electrons. The summed E-state index contributed by atoms with van der Waals surface area (Å²) in [5.74, 6) is -0.896. The van der Waals surface area contributed by atoms with Crippen molar-refractivity contribution in [2.75, 3.05) is 52.5 Å². The van der Waals surface area contributed by atoms with Crippen LogP contribution in [0.3, 0.4) is 0 Å². The average molecular weight is 659 g/mol. The molecule has 4 aliphatic rings. The largest absolute Gasteiger partial charge is 0.493 e. The summed E-state index contributed by atoms with van der Waals surface area (Å²) in [5.41, 5.74) is -1.01. The number of carboxylic acid groups (broad SMARTS) is 1. The fourth-order valence-electron chi connectivity index (χ4n) is 7.28. The van der Waals surface area contributed by atoms with Gasteiger partial charge in [0, 0.05) is 18.7 Å². The van der Waals surface area contributed by atoms with E-state index in [0.29, 0.717) is 68.1 Å². The van der Waals surface area contributed by atoms with Crippen LogP contribution in [0.1, 0.15) is 61.7 Å². The Hall–Kier alpha value is -2.19. The highest BCUT2D eigenvalue weighted by molar-refractivity contribution is 5.88. The van der Waals surface area contributed by atoms with E-state index in [1.54, 1.807) is 0 Å². The molecule has 2 saturated carbocycles. The van der Waals surface area contributed by atoms with E-state index in [0.717, 1.165) is 50.7 Å². The van der Waals surface area contributed by atoms with Crippen molar-refractivity contribution >= 4 is 5.97 Å². The standard InChI is InChI=1S/C19H22F5NO3.C12H20F3NO/c20-15-8-13(9-16(21)17(15)18(26)27)28-6-3-12-7-14(12)11-1-4-25(5-2-11)10-19(22,23)24;13-12(14,15)8-16-4-1-9(2-5-16)11-7-10(11)3-6-17/h8-9,11-12,14H,1-7,10H2,(H,26,27);9-11,17H,1-8H2/t12-,14-;10-,11-/m11/s1. The van der Waals surface area contributed by atoms with E-state index in [2.05, 4.69) is 0 Å². The van der Waals surface area contributed by atoms with E-state index >= 15 is 0 Å². The number of rotatable bonds is 11. The number of aromatic carboxylic acids is 1. The van der Waals surface area contributed by atoms with Crippen LogP contribution < -0.4 is 4.74 Å². The zero-order chi connectivity index (χ0) is 32.9. The lowest BCUT2D eigenvalue weighted by Gasteiger charge is -2.32. The number of nitrogens with zero attached hydrogens (tertiary/aromatic N) is 2. The molecular weight excluding hydrogens is 616 g/mol. The number of alkyl halides is 6. The molecule has 0 amide bonds. The normalized spacial score (nSPS) is 26.7. The van der Waals surface area contributed by atoms with Gasteiger partial charge in [-0.1, -0.05) is 0 Å². The lowest BCUT2D eigenvalue weighted by atomic mass is 9.90. The number of ether oxygens (including phenoxy) is 1. The number of halogens is 8. The predicted molar refractivity (Wildman–Crippen MR) is 149 cm³/mol. The molecule has 6 nitrogen and oxygen atoms in total. The molecule has 14 heteroatoms. The number of piperidine rings is 2. The van der Waals surface area contributed by atoms with Crippen molar-refractivity contribution in [1.29, 1.82) is 0 Å². The molecule has 45 heavy (non-hydrogen) atoms. The first-order valence-corrected chi connectivity index (χ1v) is 15.7. The third-order valence-electron chi connectivity index (χ3n) is 9.72. The minimum atomic E-state index is -4.16. The molecule has 4 fully saturated rings. The van der Waals surface area contributed by atoms with Gasteiger partial charge < -0.3 is 14.9 Å². The molecule has 4 atom stereocenters. The number of hydrogen-bond acceptors (Lipinski definition) is 5. The first-order chi connectivity index (χ1) is 21.1. The van der Waals surface area contributed by atoms with Gasteiger partial charge in [0.1, 0.15) is 22.9 Å². The highest BCUT2D eigenvalue weighted by Gasteiger charge is 2.45. The van der Waals surface area contributed by atoms with Crippen LogP contribution in [-0.4, -0.2) is 90.8 Å². The number of benzene rings is 1. The van der Waals surface area contributed by atoms with Crippen LogP contribution in [0.25, 0.3) is 0 Å². The quantitative estimate of drug-likeness (QED) is 0.261. The van der Waals surface area contributed by atoms with Crippen molar-refractivity contribution in [2.45, 2.75) is 63.7 Å². The summed E-state index contributed by atoms with van der Waals surface area (Å²) in [4.78, 5) is 13.7. The van der Waals surface area contributed by atoms with E-state index in [1.165, 1.54) is 16.2 Å². The summed E-state index contributed by atoms with van der Waals surface area (Å²) in [6.07, 6.45) is -1.20. The van der Waals surface area contributed by atoms with Gasteiger partial charge in [0.15, 0.2) is 0 Å². The van der Waals surface area contributed by atoms with Crippen molar-refractivity contribution < 1.29 is 54.9 Å². The molecule has 2 N–H and O–H groups in total. The summed E-state index contributed by atoms with van der Waals surface area (Å²) >= 11 is 0. The Bertz CT molecular complexity index is 1090. The van der Waals surface area contributed by atoms with Gasteiger partial charge in [0.05, 0.1) is 19.7 Å². The van der Waals surface area contributed by atoms with Crippen LogP contribution in [0.15, 0.2) is 12.1 Å². The van der Waals surface area contributed by atoms with Gasteiger partial charge in [-0.25, -0.2) is 13.6 Å². The molecule has 0 spiro atoms. The molecule has 0 bridgehead atoms. The van der Waals surface area contributed by atoms with Gasteiger partial charge >= 0.3 is 18.3 Å². The van der Waals surface area contributed by atoms with Gasteiger partial charge in [-0.05, 0) is 113 Å². The molecule has 0 aromatic heterocycles. The van der Waals surface area contributed by atoms with E-state index in [-0.39, 0.29) is 19.0 Å². The maximum absolute atomic E-state index is 13.6. The number of aliphatic hydroxyl groups excluding tert-OH is 1. The van der Waals surface area contributed by atoms with Crippen LogP contribution >= 0.6 is 0 Å². The van der Waals surface area contributed by atoms with Crippen molar-refractivity contribution in [2.24, 2.45) is 35.5 Å². The Kier molecular flexibility index (Phi) is 12.0. The lowest BCUT2D eigenvalue weighted by molar-refractivity contribution is -0.149. The van der Waals surface area contributed by atoms with Crippen molar-refractivity contribution in [3.05, 3.63) is 29.3 Å². The third-order valence-corrected chi connectivity index (χ3v) is 9.72. The average Bonchev–Trinajstić information content (AvgIpc) is 3.85. The fraction of sp³-hybridized carbons (Fsp3) is 0.774. The van der Waals surface area contributed by atoms with E-state index in [4.69, 9.17) is 14.9 Å². The van der Waals surface area contributed by atoms with Crippen LogP contribution in [0.5, 0.6) is 5.75 Å². The Morgan fingerprint density at radius 2 is 1.20 bits per heavy atom. The summed E-state index contributed by atoms with van der Waals surface area (Å²) in [5, 5.41) is 17.6. The number of likely N-dealkylation sites (tertiary alicyclic amines) is 2. The molecule has 2 saturated heterocycles. The zero-order valence-electron chi connectivity index (χ0n) is 25.1. The molecule has 0 radical (unpaired) electrons. The minimum Gasteiger partial charge on any atom is -0.493 e. The monoisotopic (exact) mass is 658 g/mol. The Morgan fingerprint density at radius 1 is 0.778 bits per heavy atom. The van der Waals surface area contributed by atoms with Crippen LogP contribution in [0.4, 0.5) is 35.1 Å². The van der Waals surface area contributed by atoms with E-state index < -0.39 is 48.6 Å². The lowest BCUT2D eigenvalue weighted by Crippen LogP contribution is -2.40. The first kappa shape index (κ1) is 35.7. The second kappa shape index (κ2) is 15.1. The van der Waals surface area contributed by atoms with Crippen LogP contribution in [0, 0.1) is 47.1 Å². The molecule has 0 unspecified atom stereocenters. The fourth-order valence-corrected chi connectivity index (χ4v) is 7.28. The Labute approximate surface area is 257 Å². The Morgan fingerprint density at radius 3 is 1.58 bits per heavy atom.